The molecule has 0 aliphatic rings. The van der Waals surface area contributed by atoms with E-state index in [1.165, 1.54) is 5.39 Å². The van der Waals surface area contributed by atoms with Crippen molar-refractivity contribution in [1.29, 1.82) is 0 Å². The Labute approximate surface area is 121 Å². The van der Waals surface area contributed by atoms with Crippen molar-refractivity contribution >= 4 is 16.6 Å². The lowest BCUT2D eigenvalue weighted by molar-refractivity contribution is -0.869. The van der Waals surface area contributed by atoms with Crippen LogP contribution in [0.5, 0.6) is 0 Å². The summed E-state index contributed by atoms with van der Waals surface area (Å²) in [6, 6.07) is 14.1. The number of fused-ring (bicyclic) bond motifs is 1. The molecule has 0 unspecified atom stereocenters. The van der Waals surface area contributed by atoms with Gasteiger partial charge in [-0.3, -0.25) is 4.79 Å². The van der Waals surface area contributed by atoms with Crippen LogP contribution in [0.2, 0.25) is 0 Å². The highest BCUT2D eigenvalue weighted by molar-refractivity contribution is 5.99. The second kappa shape index (κ2) is 6.18. The first kappa shape index (κ1) is 15.7. The standard InChI is InChI=1S/C16H20NO.ClH/c1-17(2,3)11-10-16(18)15-9-8-13-6-4-5-7-14(13)12-15;/h4-9,12H,10-11H2,1-3H3;1H/q+1;/p-1. The lowest BCUT2D eigenvalue weighted by Gasteiger charge is -2.23. The van der Waals surface area contributed by atoms with Gasteiger partial charge in [0.15, 0.2) is 5.78 Å². The Morgan fingerprint density at radius 1 is 1.00 bits per heavy atom. The number of rotatable bonds is 4. The van der Waals surface area contributed by atoms with Crippen LogP contribution < -0.4 is 12.4 Å². The van der Waals surface area contributed by atoms with Crippen molar-refractivity contribution in [1.82, 2.24) is 0 Å². The molecule has 0 fully saturated rings. The van der Waals surface area contributed by atoms with Gasteiger partial charge in [0, 0.05) is 5.56 Å². The first-order chi connectivity index (χ1) is 8.46. The highest BCUT2D eigenvalue weighted by Crippen LogP contribution is 2.16. The summed E-state index contributed by atoms with van der Waals surface area (Å²) in [5.74, 6) is 0.230. The van der Waals surface area contributed by atoms with Gasteiger partial charge in [-0.25, -0.2) is 0 Å². The highest BCUT2D eigenvalue weighted by atomic mass is 35.5. The molecular weight excluding hydrogens is 258 g/mol. The summed E-state index contributed by atoms with van der Waals surface area (Å²) in [6.45, 7) is 0.867. The predicted molar refractivity (Wildman–Crippen MR) is 75.8 cm³/mol. The zero-order chi connectivity index (χ0) is 13.2. The number of Topliss-reactive ketones (excluding diaryl/α,β-unsaturated/α-hetero) is 1. The first-order valence-corrected chi connectivity index (χ1v) is 6.28. The number of ketones is 1. The molecule has 2 aromatic rings. The predicted octanol–water partition coefficient (Wildman–Crippen LogP) is 0.123. The van der Waals surface area contributed by atoms with E-state index in [0.29, 0.717) is 6.42 Å². The summed E-state index contributed by atoms with van der Waals surface area (Å²) in [4.78, 5) is 12.1. The van der Waals surface area contributed by atoms with Crippen molar-refractivity contribution in [2.45, 2.75) is 6.42 Å². The number of quaternary nitrogens is 1. The smallest absolute Gasteiger partial charge is 0.168 e. The van der Waals surface area contributed by atoms with Crippen LogP contribution in [0.4, 0.5) is 0 Å². The monoisotopic (exact) mass is 277 g/mol. The van der Waals surface area contributed by atoms with Crippen LogP contribution in [-0.4, -0.2) is 38.0 Å². The van der Waals surface area contributed by atoms with Gasteiger partial charge >= 0.3 is 0 Å². The third-order valence-electron chi connectivity index (χ3n) is 3.08. The van der Waals surface area contributed by atoms with E-state index in [1.807, 2.05) is 36.4 Å². The molecule has 0 bridgehead atoms. The molecule has 0 aromatic heterocycles. The number of benzene rings is 2. The first-order valence-electron chi connectivity index (χ1n) is 6.28. The zero-order valence-electron chi connectivity index (χ0n) is 11.7. The van der Waals surface area contributed by atoms with E-state index in [0.717, 1.165) is 22.0 Å². The summed E-state index contributed by atoms with van der Waals surface area (Å²) in [7, 11) is 6.31. The van der Waals surface area contributed by atoms with Crippen LogP contribution in [0, 0.1) is 0 Å². The minimum atomic E-state index is 0. The topological polar surface area (TPSA) is 17.1 Å². The molecule has 0 spiro atoms. The van der Waals surface area contributed by atoms with E-state index in [1.54, 1.807) is 0 Å². The SMILES string of the molecule is C[N+](C)(C)CCC(=O)c1ccc2ccccc2c1.[Cl-]. The fourth-order valence-corrected chi connectivity index (χ4v) is 1.94. The average Bonchev–Trinajstić information content (AvgIpc) is 2.34. The van der Waals surface area contributed by atoms with Gasteiger partial charge in [0.2, 0.25) is 0 Å². The van der Waals surface area contributed by atoms with Crippen LogP contribution in [0.15, 0.2) is 42.5 Å². The van der Waals surface area contributed by atoms with Gasteiger partial charge in [0.25, 0.3) is 0 Å². The Kier molecular flexibility index (Phi) is 5.10. The molecule has 0 saturated heterocycles. The Hall–Kier alpha value is -1.38. The summed E-state index contributed by atoms with van der Waals surface area (Å²) >= 11 is 0. The minimum Gasteiger partial charge on any atom is -1.00 e. The molecule has 0 atom stereocenters. The molecule has 102 valence electrons. The van der Waals surface area contributed by atoms with Gasteiger partial charge in [0.1, 0.15) is 0 Å². The third kappa shape index (κ3) is 4.34. The van der Waals surface area contributed by atoms with Crippen molar-refractivity contribution < 1.29 is 21.7 Å². The summed E-state index contributed by atoms with van der Waals surface area (Å²) in [5.41, 5.74) is 0.821. The molecule has 19 heavy (non-hydrogen) atoms. The third-order valence-corrected chi connectivity index (χ3v) is 3.08. The zero-order valence-corrected chi connectivity index (χ0v) is 12.4. The van der Waals surface area contributed by atoms with Gasteiger partial charge in [-0.15, -0.1) is 0 Å². The molecule has 0 saturated carbocycles. The second-order valence-electron chi connectivity index (χ2n) is 5.75. The number of carbonyl (C=O) groups excluding carboxylic acids is 1. The minimum absolute atomic E-state index is 0. The number of halogens is 1. The van der Waals surface area contributed by atoms with Gasteiger partial charge in [-0.1, -0.05) is 36.4 Å². The molecule has 0 N–H and O–H groups in total. The molecule has 0 heterocycles. The van der Waals surface area contributed by atoms with Crippen LogP contribution in [0.25, 0.3) is 10.8 Å². The Morgan fingerprint density at radius 3 is 2.26 bits per heavy atom. The van der Waals surface area contributed by atoms with Gasteiger partial charge in [0.05, 0.1) is 34.1 Å². The van der Waals surface area contributed by atoms with E-state index in [-0.39, 0.29) is 18.2 Å². The number of carbonyl (C=O) groups is 1. The van der Waals surface area contributed by atoms with Gasteiger partial charge < -0.3 is 16.9 Å². The average molecular weight is 278 g/mol. The molecule has 2 nitrogen and oxygen atoms in total. The second-order valence-corrected chi connectivity index (χ2v) is 5.75. The van der Waals surface area contributed by atoms with Crippen LogP contribution in [0.3, 0.4) is 0 Å². The van der Waals surface area contributed by atoms with Crippen molar-refractivity contribution in [3.63, 3.8) is 0 Å². The summed E-state index contributed by atoms with van der Waals surface area (Å²) < 4.78 is 0.819. The van der Waals surface area contributed by atoms with E-state index in [2.05, 4.69) is 27.2 Å². The largest absolute Gasteiger partial charge is 1.00 e. The van der Waals surface area contributed by atoms with Gasteiger partial charge in [-0.05, 0) is 16.8 Å². The van der Waals surface area contributed by atoms with Crippen LogP contribution in [-0.2, 0) is 0 Å². The fourth-order valence-electron chi connectivity index (χ4n) is 1.94. The Bertz CT molecular complexity index is 572. The molecule has 2 aromatic carbocycles. The molecule has 2 rings (SSSR count). The van der Waals surface area contributed by atoms with Gasteiger partial charge in [-0.2, -0.15) is 0 Å². The van der Waals surface area contributed by atoms with E-state index < -0.39 is 0 Å². The maximum atomic E-state index is 12.1. The summed E-state index contributed by atoms with van der Waals surface area (Å²) in [6.07, 6.45) is 0.599. The fraction of sp³-hybridized carbons (Fsp3) is 0.312. The van der Waals surface area contributed by atoms with E-state index in [9.17, 15) is 4.79 Å². The van der Waals surface area contributed by atoms with Crippen LogP contribution in [0.1, 0.15) is 16.8 Å². The number of hydrogen-bond donors (Lipinski definition) is 0. The quantitative estimate of drug-likeness (QED) is 0.573. The lowest BCUT2D eigenvalue weighted by atomic mass is 10.0. The van der Waals surface area contributed by atoms with E-state index in [4.69, 9.17) is 0 Å². The normalized spacial score (nSPS) is 11.1. The van der Waals surface area contributed by atoms with Crippen molar-refractivity contribution in [3.8, 4) is 0 Å². The number of hydrogen-bond acceptors (Lipinski definition) is 1. The maximum absolute atomic E-state index is 12.1. The summed E-state index contributed by atoms with van der Waals surface area (Å²) in [5, 5.41) is 2.31. The Balaban J connectivity index is 0.00000180. The maximum Gasteiger partial charge on any atom is 0.168 e. The molecular formula is C16H20ClNO. The number of nitrogens with zero attached hydrogens (tertiary/aromatic N) is 1. The molecule has 0 radical (unpaired) electrons. The molecule has 0 amide bonds. The molecule has 0 aliphatic heterocycles. The molecule has 3 heteroatoms. The molecule has 0 aliphatic carbocycles. The van der Waals surface area contributed by atoms with Crippen molar-refractivity contribution in [3.05, 3.63) is 48.0 Å². The Morgan fingerprint density at radius 2 is 1.63 bits per heavy atom. The van der Waals surface area contributed by atoms with E-state index >= 15 is 0 Å². The van der Waals surface area contributed by atoms with Crippen molar-refractivity contribution in [2.24, 2.45) is 0 Å². The lowest BCUT2D eigenvalue weighted by Crippen LogP contribution is -3.00. The van der Waals surface area contributed by atoms with Crippen LogP contribution >= 0.6 is 0 Å². The highest BCUT2D eigenvalue weighted by Gasteiger charge is 2.12. The van der Waals surface area contributed by atoms with Crippen molar-refractivity contribution in [2.75, 3.05) is 27.7 Å².